The number of carbonyl (C=O) groups excluding carboxylic acids is 1. The van der Waals surface area contributed by atoms with E-state index in [1.54, 1.807) is 17.1 Å². The van der Waals surface area contributed by atoms with E-state index < -0.39 is 0 Å². The maximum atomic E-state index is 12.6. The van der Waals surface area contributed by atoms with Crippen LogP contribution in [-0.2, 0) is 6.42 Å². The van der Waals surface area contributed by atoms with Gasteiger partial charge in [-0.1, -0.05) is 32.8 Å². The molecule has 3 N–H and O–H groups in total. The van der Waals surface area contributed by atoms with Crippen molar-refractivity contribution in [2.75, 3.05) is 6.54 Å². The van der Waals surface area contributed by atoms with Gasteiger partial charge >= 0.3 is 0 Å². The van der Waals surface area contributed by atoms with Gasteiger partial charge in [-0.15, -0.1) is 0 Å². The minimum atomic E-state index is -0.115. The summed E-state index contributed by atoms with van der Waals surface area (Å²) in [5.41, 5.74) is 7.21. The van der Waals surface area contributed by atoms with Gasteiger partial charge in [0.15, 0.2) is 5.82 Å². The van der Waals surface area contributed by atoms with Gasteiger partial charge in [-0.05, 0) is 25.0 Å². The molecule has 0 aliphatic rings. The molecule has 0 aliphatic carbocycles. The Morgan fingerprint density at radius 3 is 2.83 bits per heavy atom. The fourth-order valence-corrected chi connectivity index (χ4v) is 2.54. The van der Waals surface area contributed by atoms with Gasteiger partial charge in [0.1, 0.15) is 0 Å². The SMILES string of the molecule is CCCCC(CN)NC(=O)c1cnn(-c2ccccn2)c1CC. The predicted molar refractivity (Wildman–Crippen MR) is 90.6 cm³/mol. The number of unbranched alkanes of at least 4 members (excludes halogenated alkanes) is 1. The van der Waals surface area contributed by atoms with Crippen LogP contribution in [0.1, 0.15) is 49.2 Å². The van der Waals surface area contributed by atoms with Gasteiger partial charge in [0.2, 0.25) is 0 Å². The molecule has 0 saturated heterocycles. The third kappa shape index (κ3) is 4.16. The zero-order valence-electron chi connectivity index (χ0n) is 13.8. The van der Waals surface area contributed by atoms with Crippen LogP contribution in [0.15, 0.2) is 30.6 Å². The lowest BCUT2D eigenvalue weighted by atomic mass is 10.1. The molecule has 2 aromatic rings. The molecule has 0 saturated carbocycles. The Hall–Kier alpha value is -2.21. The summed E-state index contributed by atoms with van der Waals surface area (Å²) in [6.07, 6.45) is 7.05. The van der Waals surface area contributed by atoms with Gasteiger partial charge in [0.05, 0.1) is 17.5 Å². The number of pyridine rings is 1. The second-order valence-corrected chi connectivity index (χ2v) is 5.51. The molecule has 0 fully saturated rings. The second-order valence-electron chi connectivity index (χ2n) is 5.51. The van der Waals surface area contributed by atoms with Crippen LogP contribution in [0.2, 0.25) is 0 Å². The molecule has 1 atom stereocenters. The summed E-state index contributed by atoms with van der Waals surface area (Å²) in [6.45, 7) is 4.58. The van der Waals surface area contributed by atoms with Crippen molar-refractivity contribution in [1.82, 2.24) is 20.1 Å². The number of hydrogen-bond acceptors (Lipinski definition) is 4. The van der Waals surface area contributed by atoms with Crippen LogP contribution in [-0.4, -0.2) is 33.3 Å². The molecule has 0 radical (unpaired) electrons. The molecule has 1 unspecified atom stereocenters. The van der Waals surface area contributed by atoms with E-state index in [9.17, 15) is 4.79 Å². The fraction of sp³-hybridized carbons (Fsp3) is 0.471. The van der Waals surface area contributed by atoms with Gasteiger partial charge in [-0.3, -0.25) is 4.79 Å². The first kappa shape index (κ1) is 17.1. The fourth-order valence-electron chi connectivity index (χ4n) is 2.54. The smallest absolute Gasteiger partial charge is 0.255 e. The van der Waals surface area contributed by atoms with Crippen molar-refractivity contribution in [3.8, 4) is 5.82 Å². The summed E-state index contributed by atoms with van der Waals surface area (Å²) in [6, 6.07) is 5.63. The van der Waals surface area contributed by atoms with E-state index in [0.29, 0.717) is 24.3 Å². The molecule has 124 valence electrons. The quantitative estimate of drug-likeness (QED) is 0.781. The number of nitrogens with two attached hydrogens (primary N) is 1. The first-order chi connectivity index (χ1) is 11.2. The van der Waals surface area contributed by atoms with Crippen LogP contribution in [0.5, 0.6) is 0 Å². The van der Waals surface area contributed by atoms with Crippen molar-refractivity contribution >= 4 is 5.91 Å². The Kier molecular flexibility index (Phi) is 6.29. The van der Waals surface area contributed by atoms with Gasteiger partial charge in [0, 0.05) is 18.8 Å². The van der Waals surface area contributed by atoms with E-state index in [0.717, 1.165) is 25.0 Å². The van der Waals surface area contributed by atoms with Crippen LogP contribution < -0.4 is 11.1 Å². The molecular weight excluding hydrogens is 290 g/mol. The number of rotatable bonds is 8. The number of nitrogens with one attached hydrogen (secondary N) is 1. The third-order valence-electron chi connectivity index (χ3n) is 3.84. The number of carbonyl (C=O) groups is 1. The monoisotopic (exact) mass is 315 g/mol. The maximum Gasteiger partial charge on any atom is 0.255 e. The zero-order valence-corrected chi connectivity index (χ0v) is 13.8. The molecule has 0 aromatic carbocycles. The maximum absolute atomic E-state index is 12.6. The van der Waals surface area contributed by atoms with E-state index in [1.807, 2.05) is 25.1 Å². The normalized spacial score (nSPS) is 12.1. The highest BCUT2D eigenvalue weighted by atomic mass is 16.1. The lowest BCUT2D eigenvalue weighted by Crippen LogP contribution is -2.40. The second kappa shape index (κ2) is 8.43. The van der Waals surface area contributed by atoms with E-state index in [2.05, 4.69) is 22.3 Å². The Morgan fingerprint density at radius 2 is 2.22 bits per heavy atom. The molecule has 1 amide bonds. The summed E-state index contributed by atoms with van der Waals surface area (Å²) in [5, 5.41) is 7.36. The number of nitrogens with zero attached hydrogens (tertiary/aromatic N) is 3. The van der Waals surface area contributed by atoms with E-state index >= 15 is 0 Å². The minimum Gasteiger partial charge on any atom is -0.348 e. The molecule has 0 spiro atoms. The summed E-state index contributed by atoms with van der Waals surface area (Å²) in [4.78, 5) is 16.9. The third-order valence-corrected chi connectivity index (χ3v) is 3.84. The summed E-state index contributed by atoms with van der Waals surface area (Å²) in [7, 11) is 0. The highest BCUT2D eigenvalue weighted by Crippen LogP contribution is 2.14. The van der Waals surface area contributed by atoms with Crippen molar-refractivity contribution in [2.45, 2.75) is 45.6 Å². The van der Waals surface area contributed by atoms with Crippen molar-refractivity contribution in [3.63, 3.8) is 0 Å². The average molecular weight is 315 g/mol. The highest BCUT2D eigenvalue weighted by Gasteiger charge is 2.19. The Bertz CT molecular complexity index is 623. The highest BCUT2D eigenvalue weighted by molar-refractivity contribution is 5.95. The Balaban J connectivity index is 2.19. The van der Waals surface area contributed by atoms with Gasteiger partial charge in [-0.25, -0.2) is 9.67 Å². The molecule has 0 aliphatic heterocycles. The molecular formula is C17H25N5O. The molecule has 2 rings (SSSR count). The Morgan fingerprint density at radius 1 is 1.39 bits per heavy atom. The largest absolute Gasteiger partial charge is 0.348 e. The molecule has 6 heteroatoms. The number of hydrogen-bond donors (Lipinski definition) is 2. The molecule has 2 heterocycles. The summed E-state index contributed by atoms with van der Waals surface area (Å²) in [5.74, 6) is 0.598. The van der Waals surface area contributed by atoms with E-state index in [-0.39, 0.29) is 11.9 Å². The Labute approximate surface area is 137 Å². The van der Waals surface area contributed by atoms with Crippen LogP contribution >= 0.6 is 0 Å². The minimum absolute atomic E-state index is 0.00496. The summed E-state index contributed by atoms with van der Waals surface area (Å²) < 4.78 is 1.72. The van der Waals surface area contributed by atoms with Crippen LogP contribution in [0, 0.1) is 0 Å². The molecule has 0 bridgehead atoms. The van der Waals surface area contributed by atoms with Crippen molar-refractivity contribution in [3.05, 3.63) is 41.9 Å². The van der Waals surface area contributed by atoms with Crippen LogP contribution in [0.25, 0.3) is 5.82 Å². The van der Waals surface area contributed by atoms with E-state index in [4.69, 9.17) is 5.73 Å². The van der Waals surface area contributed by atoms with Crippen molar-refractivity contribution in [1.29, 1.82) is 0 Å². The van der Waals surface area contributed by atoms with Crippen molar-refractivity contribution < 1.29 is 4.79 Å². The van der Waals surface area contributed by atoms with Crippen molar-refractivity contribution in [2.24, 2.45) is 5.73 Å². The zero-order chi connectivity index (χ0) is 16.7. The number of aromatic nitrogens is 3. The standard InChI is InChI=1S/C17H25N5O/c1-3-5-8-13(11-18)21-17(23)14-12-20-22(15(14)4-2)16-9-6-7-10-19-16/h6-7,9-10,12-13H,3-5,8,11,18H2,1-2H3,(H,21,23). The molecule has 6 nitrogen and oxygen atoms in total. The van der Waals surface area contributed by atoms with Crippen LogP contribution in [0.3, 0.4) is 0 Å². The van der Waals surface area contributed by atoms with Gasteiger partial charge < -0.3 is 11.1 Å². The van der Waals surface area contributed by atoms with Gasteiger partial charge in [0.25, 0.3) is 5.91 Å². The molecule has 2 aromatic heterocycles. The average Bonchev–Trinajstić information content (AvgIpc) is 3.03. The van der Waals surface area contributed by atoms with Crippen LogP contribution in [0.4, 0.5) is 0 Å². The predicted octanol–water partition coefficient (Wildman–Crippen LogP) is 2.08. The topological polar surface area (TPSA) is 85.8 Å². The summed E-state index contributed by atoms with van der Waals surface area (Å²) >= 11 is 0. The first-order valence-corrected chi connectivity index (χ1v) is 8.20. The van der Waals surface area contributed by atoms with E-state index in [1.165, 1.54) is 0 Å². The lowest BCUT2D eigenvalue weighted by Gasteiger charge is -2.16. The van der Waals surface area contributed by atoms with Gasteiger partial charge in [-0.2, -0.15) is 5.10 Å². The number of amides is 1. The molecule has 23 heavy (non-hydrogen) atoms. The first-order valence-electron chi connectivity index (χ1n) is 8.20. The lowest BCUT2D eigenvalue weighted by molar-refractivity contribution is 0.0935.